The van der Waals surface area contributed by atoms with E-state index in [4.69, 9.17) is 10.5 Å². The normalized spacial score (nSPS) is 18.3. The largest absolute Gasteiger partial charge is 0.445 e. The van der Waals surface area contributed by atoms with Gasteiger partial charge in [-0.3, -0.25) is 14.5 Å². The molecule has 4 N–H and O–H groups in total. The SMILES string of the molecule is CNC(=O)[C@@H](NC(=O)C(C(C)C)N(C)C(=O)OCC1=CCC(N)C=C1)C(C)C. The van der Waals surface area contributed by atoms with Crippen LogP contribution >= 0.6 is 0 Å². The van der Waals surface area contributed by atoms with E-state index in [1.54, 1.807) is 0 Å². The maximum absolute atomic E-state index is 12.8. The van der Waals surface area contributed by atoms with Crippen molar-refractivity contribution in [2.24, 2.45) is 17.6 Å². The molecule has 1 aliphatic carbocycles. The molecule has 0 spiro atoms. The summed E-state index contributed by atoms with van der Waals surface area (Å²) in [6, 6.07) is -1.45. The van der Waals surface area contributed by atoms with Gasteiger partial charge in [0.2, 0.25) is 11.8 Å². The number of hydrogen-bond acceptors (Lipinski definition) is 5. The molecule has 2 unspecified atom stereocenters. The molecule has 0 saturated heterocycles. The van der Waals surface area contributed by atoms with Gasteiger partial charge in [0.25, 0.3) is 0 Å². The third-order valence-electron chi connectivity index (χ3n) is 4.67. The van der Waals surface area contributed by atoms with Crippen molar-refractivity contribution >= 4 is 17.9 Å². The van der Waals surface area contributed by atoms with Crippen molar-refractivity contribution in [1.29, 1.82) is 0 Å². The molecule has 28 heavy (non-hydrogen) atoms. The van der Waals surface area contributed by atoms with E-state index in [-0.39, 0.29) is 36.3 Å². The van der Waals surface area contributed by atoms with Crippen molar-refractivity contribution in [2.45, 2.75) is 52.2 Å². The Morgan fingerprint density at radius 1 is 1.21 bits per heavy atom. The minimum absolute atomic E-state index is 0.00892. The van der Waals surface area contributed by atoms with Crippen LogP contribution in [0.25, 0.3) is 0 Å². The third kappa shape index (κ3) is 6.67. The monoisotopic (exact) mass is 394 g/mol. The Bertz CT molecular complexity index is 628. The van der Waals surface area contributed by atoms with Gasteiger partial charge in [-0.15, -0.1) is 0 Å². The summed E-state index contributed by atoms with van der Waals surface area (Å²) in [4.78, 5) is 38.6. The molecule has 0 aliphatic heterocycles. The quantitative estimate of drug-likeness (QED) is 0.572. The number of carbonyl (C=O) groups is 3. The van der Waals surface area contributed by atoms with Crippen molar-refractivity contribution < 1.29 is 19.1 Å². The Kier molecular flexibility index (Phi) is 9.18. The molecular formula is C20H34N4O4. The molecule has 8 heteroatoms. The zero-order valence-electron chi connectivity index (χ0n) is 17.7. The lowest BCUT2D eigenvalue weighted by Crippen LogP contribution is -2.56. The standard InChI is InChI=1S/C20H34N4O4/c1-12(2)16(18(25)22-5)23-19(26)17(13(3)4)24(6)20(27)28-11-14-7-9-15(21)10-8-14/h7-9,12-13,15-17H,10-11,21H2,1-6H3,(H,22,25)(H,23,26)/t15?,16-,17?/m0/s1. The molecule has 3 atom stereocenters. The third-order valence-corrected chi connectivity index (χ3v) is 4.67. The number of likely N-dealkylation sites (N-methyl/N-ethyl adjacent to an activating group) is 2. The highest BCUT2D eigenvalue weighted by atomic mass is 16.6. The summed E-state index contributed by atoms with van der Waals surface area (Å²) in [7, 11) is 3.05. The van der Waals surface area contributed by atoms with Crippen LogP contribution in [-0.2, 0) is 14.3 Å². The van der Waals surface area contributed by atoms with Gasteiger partial charge in [0.05, 0.1) is 0 Å². The molecule has 0 aromatic carbocycles. The van der Waals surface area contributed by atoms with Crippen molar-refractivity contribution in [3.8, 4) is 0 Å². The minimum atomic E-state index is -0.761. The van der Waals surface area contributed by atoms with Gasteiger partial charge in [0.1, 0.15) is 18.7 Å². The second-order valence-electron chi connectivity index (χ2n) is 7.74. The number of amides is 3. The first kappa shape index (κ1) is 23.7. The summed E-state index contributed by atoms with van der Waals surface area (Å²) in [5, 5.41) is 5.31. The molecule has 0 saturated carbocycles. The summed E-state index contributed by atoms with van der Waals surface area (Å²) >= 11 is 0. The molecule has 1 rings (SSSR count). The molecule has 1 aliphatic rings. The number of ether oxygens (including phenoxy) is 1. The summed E-state index contributed by atoms with van der Waals surface area (Å²) in [5.41, 5.74) is 6.65. The van der Waals surface area contributed by atoms with Crippen molar-refractivity contribution in [2.75, 3.05) is 20.7 Å². The van der Waals surface area contributed by atoms with Crippen molar-refractivity contribution in [3.63, 3.8) is 0 Å². The molecule has 8 nitrogen and oxygen atoms in total. The first-order chi connectivity index (χ1) is 13.1. The number of nitrogens with one attached hydrogen (secondary N) is 2. The molecule has 3 amide bonds. The number of nitrogens with zero attached hydrogens (tertiary/aromatic N) is 1. The number of carbonyl (C=O) groups excluding carboxylic acids is 3. The van der Waals surface area contributed by atoms with Crippen molar-refractivity contribution in [3.05, 3.63) is 23.8 Å². The maximum atomic E-state index is 12.8. The number of nitrogens with two attached hydrogens (primary N) is 1. The average Bonchev–Trinajstić information content (AvgIpc) is 2.64. The number of hydrogen-bond donors (Lipinski definition) is 3. The molecule has 0 radical (unpaired) electrons. The highest BCUT2D eigenvalue weighted by molar-refractivity contribution is 5.91. The highest BCUT2D eigenvalue weighted by Gasteiger charge is 2.34. The summed E-state index contributed by atoms with van der Waals surface area (Å²) in [6.45, 7) is 7.49. The molecule has 0 aromatic rings. The predicted molar refractivity (Wildman–Crippen MR) is 108 cm³/mol. The average molecular weight is 395 g/mol. The lowest BCUT2D eigenvalue weighted by atomic mass is 9.99. The van der Waals surface area contributed by atoms with Gasteiger partial charge in [0.15, 0.2) is 0 Å². The van der Waals surface area contributed by atoms with E-state index in [0.29, 0.717) is 6.42 Å². The topological polar surface area (TPSA) is 114 Å². The summed E-state index contributed by atoms with van der Waals surface area (Å²) < 4.78 is 5.35. The van der Waals surface area contributed by atoms with Crippen LogP contribution in [0.5, 0.6) is 0 Å². The summed E-state index contributed by atoms with van der Waals surface area (Å²) in [5.74, 6) is -0.919. The van der Waals surface area contributed by atoms with Crippen LogP contribution in [0.1, 0.15) is 34.1 Å². The fraction of sp³-hybridized carbons (Fsp3) is 0.650. The van der Waals surface area contributed by atoms with Crippen LogP contribution in [0, 0.1) is 11.8 Å². The van der Waals surface area contributed by atoms with Gasteiger partial charge in [-0.1, -0.05) is 45.9 Å². The molecular weight excluding hydrogens is 360 g/mol. The van der Waals surface area contributed by atoms with Crippen LogP contribution < -0.4 is 16.4 Å². The predicted octanol–water partition coefficient (Wildman–Crippen LogP) is 1.18. The molecule has 0 heterocycles. The van der Waals surface area contributed by atoms with E-state index in [1.807, 2.05) is 45.9 Å². The molecule has 0 fully saturated rings. The van der Waals surface area contributed by atoms with Crippen LogP contribution in [-0.4, -0.2) is 61.6 Å². The Balaban J connectivity index is 2.77. The van der Waals surface area contributed by atoms with Crippen LogP contribution in [0.15, 0.2) is 23.8 Å². The van der Waals surface area contributed by atoms with Crippen molar-refractivity contribution in [1.82, 2.24) is 15.5 Å². The molecule has 0 aromatic heterocycles. The van der Waals surface area contributed by atoms with Crippen LogP contribution in [0.3, 0.4) is 0 Å². The maximum Gasteiger partial charge on any atom is 0.410 e. The van der Waals surface area contributed by atoms with Gasteiger partial charge in [-0.2, -0.15) is 0 Å². The van der Waals surface area contributed by atoms with Gasteiger partial charge in [-0.05, 0) is 23.8 Å². The smallest absolute Gasteiger partial charge is 0.410 e. The van der Waals surface area contributed by atoms with Gasteiger partial charge in [0, 0.05) is 20.1 Å². The lowest BCUT2D eigenvalue weighted by molar-refractivity contribution is -0.133. The Morgan fingerprint density at radius 3 is 2.32 bits per heavy atom. The highest BCUT2D eigenvalue weighted by Crippen LogP contribution is 2.14. The van der Waals surface area contributed by atoms with E-state index in [2.05, 4.69) is 10.6 Å². The van der Waals surface area contributed by atoms with Crippen LogP contribution in [0.4, 0.5) is 4.79 Å². The van der Waals surface area contributed by atoms with Gasteiger partial charge in [-0.25, -0.2) is 4.79 Å². The fourth-order valence-electron chi connectivity index (χ4n) is 3.00. The Hall–Kier alpha value is -2.35. The zero-order valence-corrected chi connectivity index (χ0v) is 17.7. The van der Waals surface area contributed by atoms with Gasteiger partial charge < -0.3 is 21.1 Å². The van der Waals surface area contributed by atoms with Crippen LogP contribution in [0.2, 0.25) is 0 Å². The summed E-state index contributed by atoms with van der Waals surface area (Å²) in [6.07, 6.45) is 5.74. The second kappa shape index (κ2) is 10.8. The van der Waals surface area contributed by atoms with E-state index in [0.717, 1.165) is 5.57 Å². The first-order valence-electron chi connectivity index (χ1n) is 9.62. The minimum Gasteiger partial charge on any atom is -0.445 e. The zero-order chi connectivity index (χ0) is 21.4. The number of rotatable bonds is 8. The Morgan fingerprint density at radius 2 is 1.86 bits per heavy atom. The molecule has 0 bridgehead atoms. The Labute approximate surface area is 167 Å². The molecule has 158 valence electrons. The van der Waals surface area contributed by atoms with E-state index < -0.39 is 18.2 Å². The lowest BCUT2D eigenvalue weighted by Gasteiger charge is -2.31. The fourth-order valence-corrected chi connectivity index (χ4v) is 3.00. The van der Waals surface area contributed by atoms with Gasteiger partial charge >= 0.3 is 6.09 Å². The first-order valence-corrected chi connectivity index (χ1v) is 9.62. The van der Waals surface area contributed by atoms with E-state index in [9.17, 15) is 14.4 Å². The van der Waals surface area contributed by atoms with E-state index >= 15 is 0 Å². The van der Waals surface area contributed by atoms with E-state index in [1.165, 1.54) is 19.0 Å². The second-order valence-corrected chi connectivity index (χ2v) is 7.74.